The first-order valence-corrected chi connectivity index (χ1v) is 6.64. The third-order valence-corrected chi connectivity index (χ3v) is 3.62. The molecule has 0 bridgehead atoms. The number of nitrogens with one attached hydrogen (secondary N) is 1. The Morgan fingerprint density at radius 3 is 2.94 bits per heavy atom. The largest absolute Gasteiger partial charge is 0.381 e. The summed E-state index contributed by atoms with van der Waals surface area (Å²) in [6, 6.07) is 9.03. The molecule has 94 valence electrons. The van der Waals surface area contributed by atoms with Gasteiger partial charge in [-0.15, -0.1) is 0 Å². The fourth-order valence-corrected chi connectivity index (χ4v) is 2.49. The monoisotopic (exact) mass is 233 g/mol. The maximum absolute atomic E-state index is 5.50. The third-order valence-electron chi connectivity index (χ3n) is 3.62. The second kappa shape index (κ2) is 6.18. The van der Waals surface area contributed by atoms with E-state index in [0.29, 0.717) is 12.0 Å². The van der Waals surface area contributed by atoms with Crippen molar-refractivity contribution < 1.29 is 4.74 Å². The van der Waals surface area contributed by atoms with Crippen LogP contribution >= 0.6 is 0 Å². The molecule has 17 heavy (non-hydrogen) atoms. The van der Waals surface area contributed by atoms with Crippen LogP contribution in [0.5, 0.6) is 0 Å². The van der Waals surface area contributed by atoms with E-state index in [-0.39, 0.29) is 0 Å². The van der Waals surface area contributed by atoms with Crippen molar-refractivity contribution in [2.24, 2.45) is 5.92 Å². The van der Waals surface area contributed by atoms with E-state index in [1.165, 1.54) is 24.0 Å². The van der Waals surface area contributed by atoms with E-state index in [9.17, 15) is 0 Å². The molecule has 1 aliphatic rings. The normalized spacial score (nSPS) is 22.4. The molecule has 1 aromatic rings. The van der Waals surface area contributed by atoms with Gasteiger partial charge >= 0.3 is 0 Å². The van der Waals surface area contributed by atoms with Gasteiger partial charge in [-0.05, 0) is 43.7 Å². The Kier molecular flexibility index (Phi) is 4.57. The average Bonchev–Trinajstić information content (AvgIpc) is 2.38. The van der Waals surface area contributed by atoms with E-state index < -0.39 is 0 Å². The van der Waals surface area contributed by atoms with Crippen molar-refractivity contribution in [2.45, 2.75) is 32.7 Å². The summed E-state index contributed by atoms with van der Waals surface area (Å²) in [5.74, 6) is 0.690. The Bertz CT molecular complexity index is 345. The highest BCUT2D eigenvalue weighted by molar-refractivity contribution is 5.28. The average molecular weight is 233 g/mol. The maximum atomic E-state index is 5.50. The summed E-state index contributed by atoms with van der Waals surface area (Å²) in [6.07, 6.45) is 2.51. The van der Waals surface area contributed by atoms with Crippen LogP contribution in [0, 0.1) is 12.8 Å². The first-order valence-electron chi connectivity index (χ1n) is 6.64. The maximum Gasteiger partial charge on any atom is 0.0506 e. The molecule has 2 atom stereocenters. The summed E-state index contributed by atoms with van der Waals surface area (Å²) in [4.78, 5) is 0. The third kappa shape index (κ3) is 3.55. The zero-order chi connectivity index (χ0) is 12.1. The summed E-state index contributed by atoms with van der Waals surface area (Å²) < 4.78 is 5.50. The van der Waals surface area contributed by atoms with Crippen LogP contribution in [-0.2, 0) is 4.74 Å². The smallest absolute Gasteiger partial charge is 0.0506 e. The first kappa shape index (κ1) is 12.6. The highest BCUT2D eigenvalue weighted by Gasteiger charge is 2.15. The van der Waals surface area contributed by atoms with Gasteiger partial charge in [-0.3, -0.25) is 0 Å². The second-order valence-electron chi connectivity index (χ2n) is 5.07. The molecule has 1 fully saturated rings. The van der Waals surface area contributed by atoms with E-state index in [0.717, 1.165) is 19.8 Å². The number of aryl methyl sites for hydroxylation is 1. The molecule has 2 rings (SSSR count). The van der Waals surface area contributed by atoms with Crippen LogP contribution in [0.15, 0.2) is 24.3 Å². The topological polar surface area (TPSA) is 21.3 Å². The van der Waals surface area contributed by atoms with Crippen molar-refractivity contribution in [1.82, 2.24) is 5.32 Å². The van der Waals surface area contributed by atoms with E-state index in [1.54, 1.807) is 0 Å². The highest BCUT2D eigenvalue weighted by Crippen LogP contribution is 2.18. The van der Waals surface area contributed by atoms with Crippen molar-refractivity contribution in [3.63, 3.8) is 0 Å². The van der Waals surface area contributed by atoms with Gasteiger partial charge in [0.1, 0.15) is 0 Å². The molecule has 2 nitrogen and oxygen atoms in total. The molecule has 2 heteroatoms. The van der Waals surface area contributed by atoms with Gasteiger partial charge in [-0.25, -0.2) is 0 Å². The molecule has 1 aromatic carbocycles. The van der Waals surface area contributed by atoms with Crippen molar-refractivity contribution in [2.75, 3.05) is 19.8 Å². The Hall–Kier alpha value is -0.860. The van der Waals surface area contributed by atoms with E-state index in [2.05, 4.69) is 43.4 Å². The molecule has 0 radical (unpaired) electrons. The number of hydrogen-bond acceptors (Lipinski definition) is 2. The fourth-order valence-electron chi connectivity index (χ4n) is 2.49. The molecule has 1 N–H and O–H groups in total. The van der Waals surface area contributed by atoms with Crippen molar-refractivity contribution >= 4 is 0 Å². The van der Waals surface area contributed by atoms with Gasteiger partial charge < -0.3 is 10.1 Å². The van der Waals surface area contributed by atoms with Crippen LogP contribution < -0.4 is 5.32 Å². The number of ether oxygens (including phenoxy) is 1. The van der Waals surface area contributed by atoms with Crippen LogP contribution in [-0.4, -0.2) is 19.8 Å². The summed E-state index contributed by atoms with van der Waals surface area (Å²) >= 11 is 0. The molecule has 1 saturated heterocycles. The lowest BCUT2D eigenvalue weighted by Crippen LogP contribution is -2.31. The SMILES string of the molecule is Cc1ccccc1[C@H](C)NCC1CCCOC1. The number of hydrogen-bond donors (Lipinski definition) is 1. The van der Waals surface area contributed by atoms with Crippen LogP contribution in [0.25, 0.3) is 0 Å². The molecule has 1 aliphatic heterocycles. The summed E-state index contributed by atoms with van der Waals surface area (Å²) in [6.45, 7) is 7.36. The Morgan fingerprint density at radius 2 is 2.24 bits per heavy atom. The molecular formula is C15H23NO. The lowest BCUT2D eigenvalue weighted by molar-refractivity contribution is 0.0540. The minimum Gasteiger partial charge on any atom is -0.381 e. The Morgan fingerprint density at radius 1 is 1.41 bits per heavy atom. The molecular weight excluding hydrogens is 210 g/mol. The fraction of sp³-hybridized carbons (Fsp3) is 0.600. The van der Waals surface area contributed by atoms with Gasteiger partial charge in [0.2, 0.25) is 0 Å². The first-order chi connectivity index (χ1) is 8.27. The van der Waals surface area contributed by atoms with Crippen LogP contribution in [0.3, 0.4) is 0 Å². The highest BCUT2D eigenvalue weighted by atomic mass is 16.5. The quantitative estimate of drug-likeness (QED) is 0.863. The molecule has 1 heterocycles. The molecule has 0 amide bonds. The standard InChI is InChI=1S/C15H23NO/c1-12-6-3-4-8-15(12)13(2)16-10-14-7-5-9-17-11-14/h3-4,6,8,13-14,16H,5,7,9-11H2,1-2H3/t13-,14?/m0/s1. The van der Waals surface area contributed by atoms with Gasteiger partial charge in [0.15, 0.2) is 0 Å². The van der Waals surface area contributed by atoms with Crippen LogP contribution in [0.2, 0.25) is 0 Å². The molecule has 0 saturated carbocycles. The van der Waals surface area contributed by atoms with Gasteiger partial charge in [-0.2, -0.15) is 0 Å². The minimum atomic E-state index is 0.429. The van der Waals surface area contributed by atoms with E-state index in [1.807, 2.05) is 0 Å². The molecule has 0 aliphatic carbocycles. The van der Waals surface area contributed by atoms with Crippen molar-refractivity contribution in [3.05, 3.63) is 35.4 Å². The summed E-state index contributed by atoms with van der Waals surface area (Å²) in [7, 11) is 0. The van der Waals surface area contributed by atoms with Gasteiger partial charge in [0.25, 0.3) is 0 Å². The predicted molar refractivity (Wildman–Crippen MR) is 71.1 cm³/mol. The molecule has 0 spiro atoms. The van der Waals surface area contributed by atoms with Gasteiger partial charge in [0, 0.05) is 19.2 Å². The Balaban J connectivity index is 1.84. The number of benzene rings is 1. The predicted octanol–water partition coefficient (Wildman–Crippen LogP) is 3.07. The van der Waals surface area contributed by atoms with Crippen LogP contribution in [0.4, 0.5) is 0 Å². The summed E-state index contributed by atoms with van der Waals surface area (Å²) in [5, 5.41) is 3.63. The van der Waals surface area contributed by atoms with Crippen LogP contribution in [0.1, 0.15) is 36.9 Å². The zero-order valence-corrected chi connectivity index (χ0v) is 10.9. The van der Waals surface area contributed by atoms with Gasteiger partial charge in [0.05, 0.1) is 6.61 Å². The van der Waals surface area contributed by atoms with E-state index in [4.69, 9.17) is 4.74 Å². The van der Waals surface area contributed by atoms with E-state index >= 15 is 0 Å². The minimum absolute atomic E-state index is 0.429. The summed E-state index contributed by atoms with van der Waals surface area (Å²) in [5.41, 5.74) is 2.77. The molecule has 1 unspecified atom stereocenters. The lowest BCUT2D eigenvalue weighted by atomic mass is 9.99. The van der Waals surface area contributed by atoms with Crippen molar-refractivity contribution in [3.8, 4) is 0 Å². The zero-order valence-electron chi connectivity index (χ0n) is 10.9. The van der Waals surface area contributed by atoms with Gasteiger partial charge in [-0.1, -0.05) is 24.3 Å². The lowest BCUT2D eigenvalue weighted by Gasteiger charge is -2.25. The Labute approximate surface area is 104 Å². The second-order valence-corrected chi connectivity index (χ2v) is 5.07. The number of rotatable bonds is 4. The van der Waals surface area contributed by atoms with Crippen molar-refractivity contribution in [1.29, 1.82) is 0 Å². The molecule has 0 aromatic heterocycles.